The van der Waals surface area contributed by atoms with Gasteiger partial charge >= 0.3 is 0 Å². The number of fused-ring (bicyclic) bond motifs is 1. The number of piperazine rings is 1. The highest BCUT2D eigenvalue weighted by molar-refractivity contribution is 5.97. The maximum atomic E-state index is 13.9. The van der Waals surface area contributed by atoms with Gasteiger partial charge in [0.25, 0.3) is 0 Å². The Morgan fingerprint density at radius 3 is 2.61 bits per heavy atom. The topological polar surface area (TPSA) is 60.9 Å². The fraction of sp³-hybridized carbons (Fsp3) is 0.613. The third kappa shape index (κ3) is 7.78. The van der Waals surface area contributed by atoms with Crippen LogP contribution in [0.1, 0.15) is 51.4 Å². The Balaban J connectivity index is 0.00000231. The normalized spacial score (nSPS) is 24.5. The number of aromatic nitrogens is 1. The fourth-order valence-corrected chi connectivity index (χ4v) is 6.37. The highest BCUT2D eigenvalue weighted by Gasteiger charge is 2.41. The number of nitrogens with zero attached hydrogens (tertiary/aromatic N) is 4. The van der Waals surface area contributed by atoms with Gasteiger partial charge in [-0.05, 0) is 48.6 Å². The molecule has 228 valence electrons. The van der Waals surface area contributed by atoms with Crippen molar-refractivity contribution in [2.75, 3.05) is 57.4 Å². The smallest absolute Gasteiger partial charge is 0.241 e. The first kappa shape index (κ1) is 33.7. The molecule has 1 amide bonds. The molecule has 10 heteroatoms. The standard InChI is InChI=1S/C31H44FN5O2.2ClH/c1-21(2)28-19-39-11-10-35(28)17-26-15-33-22(3)16-36(26)18-29(38)37-20-31(4,5)30-27(37)13-24(14-34-30)12-23-6-8-25(32)9-7-23;;/h6-9,13-14,21-22,26,28,33H,10-12,15-20H2,1-5H3;2*1H/t22-,26-,28+;;/m1../s1. The molecule has 1 aromatic carbocycles. The number of carbonyl (C=O) groups excluding carboxylic acids is 1. The van der Waals surface area contributed by atoms with Crippen LogP contribution in [0.3, 0.4) is 0 Å². The molecule has 2 saturated heterocycles. The van der Waals surface area contributed by atoms with Gasteiger partial charge in [0.15, 0.2) is 0 Å². The van der Waals surface area contributed by atoms with Gasteiger partial charge in [-0.2, -0.15) is 0 Å². The predicted octanol–water partition coefficient (Wildman–Crippen LogP) is 4.30. The van der Waals surface area contributed by atoms with E-state index in [1.807, 2.05) is 11.1 Å². The number of morpholine rings is 1. The fourth-order valence-electron chi connectivity index (χ4n) is 6.37. The predicted molar refractivity (Wildman–Crippen MR) is 167 cm³/mol. The molecule has 2 aromatic rings. The largest absolute Gasteiger partial charge is 0.378 e. The monoisotopic (exact) mass is 609 g/mol. The van der Waals surface area contributed by atoms with Crippen LogP contribution in [0.4, 0.5) is 10.1 Å². The number of hydrogen-bond acceptors (Lipinski definition) is 6. The molecule has 0 saturated carbocycles. The van der Waals surface area contributed by atoms with E-state index in [1.165, 1.54) is 12.1 Å². The summed E-state index contributed by atoms with van der Waals surface area (Å²) in [6.45, 7) is 17.2. The lowest BCUT2D eigenvalue weighted by Crippen LogP contribution is -2.62. The molecule has 3 aliphatic rings. The molecule has 7 nitrogen and oxygen atoms in total. The summed E-state index contributed by atoms with van der Waals surface area (Å²) >= 11 is 0. The van der Waals surface area contributed by atoms with Crippen LogP contribution in [0.5, 0.6) is 0 Å². The van der Waals surface area contributed by atoms with E-state index in [2.05, 4.69) is 55.8 Å². The summed E-state index contributed by atoms with van der Waals surface area (Å²) in [5.74, 6) is 0.415. The summed E-state index contributed by atoms with van der Waals surface area (Å²) in [5.41, 5.74) is 3.72. The van der Waals surface area contributed by atoms with Gasteiger partial charge in [-0.25, -0.2) is 4.39 Å². The summed E-state index contributed by atoms with van der Waals surface area (Å²) in [6.07, 6.45) is 2.55. The first-order valence-electron chi connectivity index (χ1n) is 14.4. The zero-order chi connectivity index (χ0) is 27.7. The number of amides is 1. The number of pyridine rings is 1. The van der Waals surface area contributed by atoms with Crippen LogP contribution >= 0.6 is 24.8 Å². The van der Waals surface area contributed by atoms with Crippen molar-refractivity contribution in [3.05, 3.63) is 59.2 Å². The number of halogens is 3. The molecule has 5 rings (SSSR count). The molecule has 1 N–H and O–H groups in total. The molecular weight excluding hydrogens is 564 g/mol. The van der Waals surface area contributed by atoms with Crippen molar-refractivity contribution in [1.82, 2.24) is 20.1 Å². The summed E-state index contributed by atoms with van der Waals surface area (Å²) < 4.78 is 19.2. The van der Waals surface area contributed by atoms with Crippen LogP contribution in [0.25, 0.3) is 0 Å². The van der Waals surface area contributed by atoms with Crippen LogP contribution in [0, 0.1) is 11.7 Å². The minimum atomic E-state index is -0.238. The molecule has 3 atom stereocenters. The van der Waals surface area contributed by atoms with E-state index in [0.717, 1.165) is 61.9 Å². The maximum Gasteiger partial charge on any atom is 0.241 e. The number of rotatable bonds is 7. The van der Waals surface area contributed by atoms with Crippen molar-refractivity contribution in [1.29, 1.82) is 0 Å². The summed E-state index contributed by atoms with van der Waals surface area (Å²) in [6, 6.07) is 9.71. The Labute approximate surface area is 257 Å². The molecule has 41 heavy (non-hydrogen) atoms. The summed E-state index contributed by atoms with van der Waals surface area (Å²) in [5, 5.41) is 3.64. The minimum Gasteiger partial charge on any atom is -0.378 e. The molecule has 3 aliphatic heterocycles. The van der Waals surface area contributed by atoms with E-state index in [9.17, 15) is 9.18 Å². The van der Waals surface area contributed by atoms with E-state index >= 15 is 0 Å². The van der Waals surface area contributed by atoms with Crippen molar-refractivity contribution < 1.29 is 13.9 Å². The molecule has 1 aromatic heterocycles. The zero-order valence-corrected chi connectivity index (χ0v) is 26.6. The van der Waals surface area contributed by atoms with Crippen molar-refractivity contribution in [2.24, 2.45) is 5.92 Å². The summed E-state index contributed by atoms with van der Waals surface area (Å²) in [7, 11) is 0. The second-order valence-electron chi connectivity index (χ2n) is 12.7. The van der Waals surface area contributed by atoms with E-state index in [0.29, 0.717) is 37.5 Å². The van der Waals surface area contributed by atoms with Gasteiger partial charge in [-0.1, -0.05) is 39.8 Å². The molecule has 0 unspecified atom stereocenters. The average molecular weight is 611 g/mol. The molecule has 0 aliphatic carbocycles. The van der Waals surface area contributed by atoms with Gasteiger partial charge in [0.05, 0.1) is 31.1 Å². The average Bonchev–Trinajstić information content (AvgIpc) is 3.17. The van der Waals surface area contributed by atoms with Crippen molar-refractivity contribution in [3.8, 4) is 0 Å². The van der Waals surface area contributed by atoms with Crippen LogP contribution in [-0.4, -0.2) is 91.3 Å². The highest BCUT2D eigenvalue weighted by Crippen LogP contribution is 2.39. The molecular formula is C31H46Cl2FN5O2. The molecule has 4 heterocycles. The molecule has 0 radical (unpaired) electrons. The summed E-state index contributed by atoms with van der Waals surface area (Å²) in [4.78, 5) is 25.7. The van der Waals surface area contributed by atoms with Crippen LogP contribution in [0.15, 0.2) is 36.5 Å². The van der Waals surface area contributed by atoms with Gasteiger partial charge in [0.2, 0.25) is 5.91 Å². The Kier molecular flexibility index (Phi) is 11.6. The van der Waals surface area contributed by atoms with E-state index in [1.54, 1.807) is 12.1 Å². The SMILES string of the molecule is CC(C)[C@@H]1COCCN1C[C@H]1CN[C@H](C)CN1CC(=O)N1CC(C)(C)c2ncc(Cc3ccc(F)cc3)cc21.Cl.Cl. The van der Waals surface area contributed by atoms with Gasteiger partial charge in [-0.15, -0.1) is 24.8 Å². The van der Waals surface area contributed by atoms with Crippen LogP contribution in [0.2, 0.25) is 0 Å². The Bertz CT molecular complexity index is 1170. The van der Waals surface area contributed by atoms with Gasteiger partial charge in [0.1, 0.15) is 5.82 Å². The van der Waals surface area contributed by atoms with Gasteiger partial charge in [0, 0.05) is 62.5 Å². The maximum absolute atomic E-state index is 13.9. The number of anilines is 1. The highest BCUT2D eigenvalue weighted by atomic mass is 35.5. The number of carbonyl (C=O) groups is 1. The van der Waals surface area contributed by atoms with E-state index in [4.69, 9.17) is 9.72 Å². The van der Waals surface area contributed by atoms with E-state index in [-0.39, 0.29) is 48.0 Å². The quantitative estimate of drug-likeness (QED) is 0.505. The lowest BCUT2D eigenvalue weighted by Gasteiger charge is -2.45. The third-order valence-electron chi connectivity index (χ3n) is 8.59. The van der Waals surface area contributed by atoms with Gasteiger partial charge < -0.3 is 15.0 Å². The van der Waals surface area contributed by atoms with E-state index < -0.39 is 0 Å². The Morgan fingerprint density at radius 1 is 1.17 bits per heavy atom. The number of hydrogen-bond donors (Lipinski definition) is 1. The molecule has 0 bridgehead atoms. The van der Waals surface area contributed by atoms with Crippen molar-refractivity contribution in [3.63, 3.8) is 0 Å². The van der Waals surface area contributed by atoms with Crippen LogP contribution in [-0.2, 0) is 21.4 Å². The number of nitrogens with one attached hydrogen (secondary N) is 1. The second-order valence-corrected chi connectivity index (χ2v) is 12.7. The molecule has 0 spiro atoms. The zero-order valence-electron chi connectivity index (χ0n) is 24.9. The van der Waals surface area contributed by atoms with Gasteiger partial charge in [-0.3, -0.25) is 19.6 Å². The van der Waals surface area contributed by atoms with Crippen molar-refractivity contribution >= 4 is 36.4 Å². The number of ether oxygens (including phenoxy) is 1. The van der Waals surface area contributed by atoms with Crippen molar-refractivity contribution in [2.45, 2.75) is 64.6 Å². The Hall–Kier alpha value is -1.81. The first-order chi connectivity index (χ1) is 18.6. The second kappa shape index (κ2) is 14.1. The first-order valence-corrected chi connectivity index (χ1v) is 14.4. The molecule has 2 fully saturated rings. The lowest BCUT2D eigenvalue weighted by molar-refractivity contribution is -0.121. The Morgan fingerprint density at radius 2 is 1.90 bits per heavy atom. The minimum absolute atomic E-state index is 0. The third-order valence-corrected chi connectivity index (χ3v) is 8.59. The number of benzene rings is 1. The van der Waals surface area contributed by atoms with Crippen LogP contribution < -0.4 is 10.2 Å². The lowest BCUT2D eigenvalue weighted by atomic mass is 9.91.